The minimum atomic E-state index is 0.0306. The van der Waals surface area contributed by atoms with E-state index in [0.29, 0.717) is 13.1 Å². The highest BCUT2D eigenvalue weighted by Crippen LogP contribution is 2.23. The first-order chi connectivity index (χ1) is 12.2. The predicted molar refractivity (Wildman–Crippen MR) is 104 cm³/mol. The second-order valence-corrected chi connectivity index (χ2v) is 6.26. The fourth-order valence-corrected chi connectivity index (χ4v) is 3.04. The Balaban J connectivity index is 1.49. The maximum Gasteiger partial charge on any atom is 0.233 e. The van der Waals surface area contributed by atoms with E-state index in [1.54, 1.807) is 0 Å². The van der Waals surface area contributed by atoms with Crippen LogP contribution in [0.25, 0.3) is 10.8 Å². The Morgan fingerprint density at radius 1 is 0.920 bits per heavy atom. The lowest BCUT2D eigenvalue weighted by Crippen LogP contribution is -2.36. The van der Waals surface area contributed by atoms with Crippen molar-refractivity contribution in [3.63, 3.8) is 0 Å². The number of carbonyl (C=O) groups excluding carboxylic acids is 1. The molecular formula is C22H24N2O. The topological polar surface area (TPSA) is 41.1 Å². The zero-order valence-electron chi connectivity index (χ0n) is 14.5. The Labute approximate surface area is 149 Å². The van der Waals surface area contributed by atoms with Crippen molar-refractivity contribution in [3.05, 3.63) is 83.9 Å². The summed E-state index contributed by atoms with van der Waals surface area (Å²) in [5, 5.41) is 8.76. The van der Waals surface area contributed by atoms with E-state index in [4.69, 9.17) is 0 Å². The molecule has 0 unspecified atom stereocenters. The highest BCUT2D eigenvalue weighted by molar-refractivity contribution is 5.86. The molecule has 3 aromatic rings. The third-order valence-corrected chi connectivity index (χ3v) is 4.44. The maximum absolute atomic E-state index is 12.1. The molecule has 3 nitrogen and oxygen atoms in total. The van der Waals surface area contributed by atoms with Gasteiger partial charge in [0.2, 0.25) is 5.91 Å². The molecule has 3 rings (SSSR count). The Morgan fingerprint density at radius 3 is 2.48 bits per heavy atom. The summed E-state index contributed by atoms with van der Waals surface area (Å²) in [4.78, 5) is 12.1. The number of amides is 1. The van der Waals surface area contributed by atoms with E-state index in [1.165, 1.54) is 21.9 Å². The van der Waals surface area contributed by atoms with Gasteiger partial charge in [0, 0.05) is 12.6 Å². The molecule has 0 saturated heterocycles. The number of fused-ring (bicyclic) bond motifs is 1. The van der Waals surface area contributed by atoms with E-state index in [2.05, 4.69) is 66.1 Å². The summed E-state index contributed by atoms with van der Waals surface area (Å²) in [6.07, 6.45) is 0.853. The molecule has 0 bridgehead atoms. The van der Waals surface area contributed by atoms with E-state index in [-0.39, 0.29) is 11.9 Å². The quantitative estimate of drug-likeness (QED) is 0.690. The lowest BCUT2D eigenvalue weighted by atomic mass is 10.00. The second-order valence-electron chi connectivity index (χ2n) is 6.26. The third kappa shape index (κ3) is 4.68. The Kier molecular flexibility index (Phi) is 5.81. The van der Waals surface area contributed by atoms with Crippen LogP contribution in [-0.4, -0.2) is 19.0 Å². The van der Waals surface area contributed by atoms with Crippen molar-refractivity contribution >= 4 is 16.7 Å². The molecule has 0 spiro atoms. The number of hydrogen-bond donors (Lipinski definition) is 2. The van der Waals surface area contributed by atoms with Crippen molar-refractivity contribution in [2.24, 2.45) is 0 Å². The first-order valence-corrected chi connectivity index (χ1v) is 8.76. The van der Waals surface area contributed by atoms with Crippen LogP contribution in [0.4, 0.5) is 0 Å². The third-order valence-electron chi connectivity index (χ3n) is 4.44. The molecule has 0 heterocycles. The molecule has 0 aliphatic carbocycles. The molecule has 0 radical (unpaired) electrons. The summed E-state index contributed by atoms with van der Waals surface area (Å²) in [6, 6.07) is 24.9. The Morgan fingerprint density at radius 2 is 1.64 bits per heavy atom. The van der Waals surface area contributed by atoms with Crippen LogP contribution in [0.5, 0.6) is 0 Å². The molecule has 3 heteroatoms. The molecule has 0 saturated carbocycles. The molecule has 3 aromatic carbocycles. The van der Waals surface area contributed by atoms with Crippen molar-refractivity contribution in [2.75, 3.05) is 13.1 Å². The van der Waals surface area contributed by atoms with Crippen molar-refractivity contribution in [1.82, 2.24) is 10.6 Å². The van der Waals surface area contributed by atoms with Crippen LogP contribution in [0.3, 0.4) is 0 Å². The predicted octanol–water partition coefficient (Wildman–Crippen LogP) is 3.85. The van der Waals surface area contributed by atoms with Gasteiger partial charge in [-0.05, 0) is 35.2 Å². The number of hydrogen-bond acceptors (Lipinski definition) is 2. The highest BCUT2D eigenvalue weighted by atomic mass is 16.1. The monoisotopic (exact) mass is 332 g/mol. The molecule has 25 heavy (non-hydrogen) atoms. The van der Waals surface area contributed by atoms with Gasteiger partial charge in [0.05, 0.1) is 6.54 Å². The van der Waals surface area contributed by atoms with Crippen LogP contribution in [0, 0.1) is 0 Å². The SMILES string of the molecule is C[C@H](NCC(=O)NCCc1ccccc1)c1cccc2ccccc12. The molecule has 1 amide bonds. The molecule has 1 atom stereocenters. The summed E-state index contributed by atoms with van der Waals surface area (Å²) < 4.78 is 0. The average molecular weight is 332 g/mol. The van der Waals surface area contributed by atoms with Crippen LogP contribution in [0.1, 0.15) is 24.1 Å². The number of benzene rings is 3. The minimum Gasteiger partial charge on any atom is -0.355 e. The van der Waals surface area contributed by atoms with Crippen LogP contribution in [0.2, 0.25) is 0 Å². The van der Waals surface area contributed by atoms with Crippen molar-refractivity contribution in [2.45, 2.75) is 19.4 Å². The van der Waals surface area contributed by atoms with E-state index in [1.807, 2.05) is 24.3 Å². The molecular weight excluding hydrogens is 308 g/mol. The summed E-state index contributed by atoms with van der Waals surface area (Å²) in [7, 11) is 0. The van der Waals surface area contributed by atoms with Crippen molar-refractivity contribution < 1.29 is 4.79 Å². The average Bonchev–Trinajstić information content (AvgIpc) is 2.66. The van der Waals surface area contributed by atoms with Gasteiger partial charge in [0.25, 0.3) is 0 Å². The molecule has 0 fully saturated rings. The normalized spacial score (nSPS) is 12.0. The fraction of sp³-hybridized carbons (Fsp3) is 0.227. The lowest BCUT2D eigenvalue weighted by molar-refractivity contribution is -0.120. The first-order valence-electron chi connectivity index (χ1n) is 8.76. The molecule has 128 valence electrons. The van der Waals surface area contributed by atoms with Gasteiger partial charge in [0.1, 0.15) is 0 Å². The van der Waals surface area contributed by atoms with Crippen molar-refractivity contribution in [3.8, 4) is 0 Å². The van der Waals surface area contributed by atoms with E-state index >= 15 is 0 Å². The smallest absolute Gasteiger partial charge is 0.233 e. The van der Waals surface area contributed by atoms with Gasteiger partial charge >= 0.3 is 0 Å². The standard InChI is InChI=1S/C22H24N2O/c1-17(20-13-7-11-19-10-5-6-12-21(19)20)24-16-22(25)23-15-14-18-8-3-2-4-9-18/h2-13,17,24H,14-16H2,1H3,(H,23,25)/t17-/m0/s1. The van der Waals surface area contributed by atoms with Gasteiger partial charge in [-0.25, -0.2) is 0 Å². The summed E-state index contributed by atoms with van der Waals surface area (Å²) in [5.74, 6) is 0.0306. The van der Waals surface area contributed by atoms with Crippen LogP contribution in [-0.2, 0) is 11.2 Å². The van der Waals surface area contributed by atoms with Gasteiger partial charge in [-0.3, -0.25) is 4.79 Å². The maximum atomic E-state index is 12.1. The van der Waals surface area contributed by atoms with Crippen LogP contribution < -0.4 is 10.6 Å². The summed E-state index contributed by atoms with van der Waals surface area (Å²) in [6.45, 7) is 3.07. The zero-order chi connectivity index (χ0) is 17.5. The minimum absolute atomic E-state index is 0.0306. The number of rotatable bonds is 7. The number of nitrogens with one attached hydrogen (secondary N) is 2. The van der Waals surface area contributed by atoms with Gasteiger partial charge < -0.3 is 10.6 Å². The summed E-state index contributed by atoms with van der Waals surface area (Å²) >= 11 is 0. The fourth-order valence-electron chi connectivity index (χ4n) is 3.04. The van der Waals surface area contributed by atoms with Gasteiger partial charge in [-0.1, -0.05) is 72.8 Å². The first kappa shape index (κ1) is 17.2. The molecule has 2 N–H and O–H groups in total. The Bertz CT molecular complexity index is 824. The zero-order valence-corrected chi connectivity index (χ0v) is 14.5. The van der Waals surface area contributed by atoms with Crippen LogP contribution in [0.15, 0.2) is 72.8 Å². The largest absolute Gasteiger partial charge is 0.355 e. The van der Waals surface area contributed by atoms with E-state index in [0.717, 1.165) is 6.42 Å². The molecule has 0 aliphatic rings. The van der Waals surface area contributed by atoms with E-state index < -0.39 is 0 Å². The van der Waals surface area contributed by atoms with Gasteiger partial charge in [0.15, 0.2) is 0 Å². The summed E-state index contributed by atoms with van der Waals surface area (Å²) in [5.41, 5.74) is 2.45. The molecule has 0 aromatic heterocycles. The Hall–Kier alpha value is -2.65. The van der Waals surface area contributed by atoms with Gasteiger partial charge in [-0.2, -0.15) is 0 Å². The molecule has 0 aliphatic heterocycles. The lowest BCUT2D eigenvalue weighted by Gasteiger charge is -2.16. The number of carbonyl (C=O) groups is 1. The van der Waals surface area contributed by atoms with Crippen LogP contribution >= 0.6 is 0 Å². The van der Waals surface area contributed by atoms with E-state index in [9.17, 15) is 4.79 Å². The van der Waals surface area contributed by atoms with Gasteiger partial charge in [-0.15, -0.1) is 0 Å². The highest BCUT2D eigenvalue weighted by Gasteiger charge is 2.10. The second kappa shape index (κ2) is 8.45. The van der Waals surface area contributed by atoms with Crippen molar-refractivity contribution in [1.29, 1.82) is 0 Å².